The fraction of sp³-hybridized carbons (Fsp3) is 0.235. The van der Waals surface area contributed by atoms with Crippen LogP contribution in [-0.2, 0) is 0 Å². The van der Waals surface area contributed by atoms with Crippen LogP contribution in [0.1, 0.15) is 29.7 Å². The first kappa shape index (κ1) is 12.7. The topological polar surface area (TPSA) is 43.8 Å². The van der Waals surface area contributed by atoms with Crippen LogP contribution >= 0.6 is 0 Å². The number of hydrogen-bond donors (Lipinski definition) is 1. The highest BCUT2D eigenvalue weighted by atomic mass is 15.2. The maximum atomic E-state index is 6.16. The largest absolute Gasteiger partial charge is 0.369 e. The molecule has 1 atom stereocenters. The van der Waals surface area contributed by atoms with E-state index in [0.717, 1.165) is 11.0 Å². The van der Waals surface area contributed by atoms with E-state index in [0.29, 0.717) is 5.95 Å². The third-order valence-electron chi connectivity index (χ3n) is 3.97. The summed E-state index contributed by atoms with van der Waals surface area (Å²) in [6, 6.07) is 14.7. The summed E-state index contributed by atoms with van der Waals surface area (Å²) in [5, 5.41) is 0. The molecule has 0 aliphatic rings. The van der Waals surface area contributed by atoms with Crippen LogP contribution in [-0.4, -0.2) is 9.55 Å². The summed E-state index contributed by atoms with van der Waals surface area (Å²) in [4.78, 5) is 4.49. The van der Waals surface area contributed by atoms with Crippen LogP contribution in [0.25, 0.3) is 11.0 Å². The molecule has 1 unspecified atom stereocenters. The van der Waals surface area contributed by atoms with Crippen LogP contribution < -0.4 is 5.73 Å². The van der Waals surface area contributed by atoms with E-state index in [-0.39, 0.29) is 6.04 Å². The Morgan fingerprint density at radius 2 is 1.70 bits per heavy atom. The van der Waals surface area contributed by atoms with Crippen molar-refractivity contribution >= 4 is 17.0 Å². The molecule has 3 rings (SSSR count). The van der Waals surface area contributed by atoms with Gasteiger partial charge in [0, 0.05) is 0 Å². The molecule has 3 heteroatoms. The van der Waals surface area contributed by atoms with Gasteiger partial charge in [0.05, 0.1) is 17.1 Å². The molecule has 20 heavy (non-hydrogen) atoms. The van der Waals surface area contributed by atoms with Crippen molar-refractivity contribution in [2.45, 2.75) is 26.8 Å². The summed E-state index contributed by atoms with van der Waals surface area (Å²) in [6.07, 6.45) is 0. The highest BCUT2D eigenvalue weighted by molar-refractivity contribution is 5.82. The first-order chi connectivity index (χ1) is 9.59. The standard InChI is InChI=1S/C17H19N3/c1-11-7-4-5-9-14(11)13(3)20-16-12(2)8-6-10-15(16)19-17(20)18/h4-10,13H,1-3H3,(H2,18,19). The van der Waals surface area contributed by atoms with Crippen LogP contribution in [0.4, 0.5) is 5.95 Å². The Bertz CT molecular complexity index is 771. The monoisotopic (exact) mass is 265 g/mol. The van der Waals surface area contributed by atoms with E-state index in [1.54, 1.807) is 0 Å². The van der Waals surface area contributed by atoms with Gasteiger partial charge in [0.15, 0.2) is 0 Å². The summed E-state index contributed by atoms with van der Waals surface area (Å²) in [5.74, 6) is 0.574. The van der Waals surface area contributed by atoms with E-state index in [1.165, 1.54) is 16.7 Å². The van der Waals surface area contributed by atoms with Crippen molar-refractivity contribution in [3.63, 3.8) is 0 Å². The zero-order valence-electron chi connectivity index (χ0n) is 12.1. The van der Waals surface area contributed by atoms with Gasteiger partial charge in [-0.2, -0.15) is 0 Å². The minimum atomic E-state index is 0.169. The van der Waals surface area contributed by atoms with Crippen LogP contribution in [0.3, 0.4) is 0 Å². The number of aryl methyl sites for hydroxylation is 2. The van der Waals surface area contributed by atoms with E-state index in [2.05, 4.69) is 60.7 Å². The molecule has 1 aromatic heterocycles. The number of hydrogen-bond acceptors (Lipinski definition) is 2. The van der Waals surface area contributed by atoms with Crippen molar-refractivity contribution in [1.29, 1.82) is 0 Å². The third-order valence-corrected chi connectivity index (χ3v) is 3.97. The predicted molar refractivity (Wildman–Crippen MR) is 83.9 cm³/mol. The summed E-state index contributed by atoms with van der Waals surface area (Å²) in [5.41, 5.74) is 12.0. The lowest BCUT2D eigenvalue weighted by Crippen LogP contribution is -2.11. The second-order valence-corrected chi connectivity index (χ2v) is 5.32. The Morgan fingerprint density at radius 1 is 1.00 bits per heavy atom. The molecule has 3 aromatic rings. The number of fused-ring (bicyclic) bond motifs is 1. The fourth-order valence-corrected chi connectivity index (χ4v) is 2.93. The van der Waals surface area contributed by atoms with Gasteiger partial charge < -0.3 is 10.3 Å². The highest BCUT2D eigenvalue weighted by Gasteiger charge is 2.17. The molecule has 0 amide bonds. The van der Waals surface area contributed by atoms with Gasteiger partial charge in [0.2, 0.25) is 5.95 Å². The van der Waals surface area contributed by atoms with Crippen LogP contribution in [0.2, 0.25) is 0 Å². The predicted octanol–water partition coefficient (Wildman–Crippen LogP) is 3.84. The van der Waals surface area contributed by atoms with Gasteiger partial charge >= 0.3 is 0 Å². The van der Waals surface area contributed by atoms with Gasteiger partial charge in [-0.1, -0.05) is 36.4 Å². The lowest BCUT2D eigenvalue weighted by Gasteiger charge is -2.19. The lowest BCUT2D eigenvalue weighted by molar-refractivity contribution is 0.662. The van der Waals surface area contributed by atoms with Gasteiger partial charge in [-0.05, 0) is 43.5 Å². The lowest BCUT2D eigenvalue weighted by atomic mass is 10.0. The minimum absolute atomic E-state index is 0.169. The molecule has 2 aromatic carbocycles. The van der Waals surface area contributed by atoms with E-state index in [9.17, 15) is 0 Å². The molecule has 0 saturated carbocycles. The van der Waals surface area contributed by atoms with Crippen molar-refractivity contribution in [3.05, 3.63) is 59.2 Å². The average molecular weight is 265 g/mol. The Kier molecular flexibility index (Phi) is 2.97. The SMILES string of the molecule is Cc1ccccc1C(C)n1c(N)nc2cccc(C)c21. The maximum Gasteiger partial charge on any atom is 0.201 e. The van der Waals surface area contributed by atoms with Crippen molar-refractivity contribution < 1.29 is 0 Å². The molecule has 0 bridgehead atoms. The average Bonchev–Trinajstić information content (AvgIpc) is 2.76. The number of nitrogens with zero attached hydrogens (tertiary/aromatic N) is 2. The van der Waals surface area contributed by atoms with Gasteiger partial charge in [-0.25, -0.2) is 4.98 Å². The molecule has 0 saturated heterocycles. The molecule has 2 N–H and O–H groups in total. The molecule has 1 heterocycles. The number of anilines is 1. The first-order valence-corrected chi connectivity index (χ1v) is 6.88. The van der Waals surface area contributed by atoms with E-state index < -0.39 is 0 Å². The van der Waals surface area contributed by atoms with Crippen molar-refractivity contribution in [2.75, 3.05) is 5.73 Å². The second kappa shape index (κ2) is 4.67. The zero-order valence-corrected chi connectivity index (χ0v) is 12.1. The van der Waals surface area contributed by atoms with Crippen molar-refractivity contribution in [2.24, 2.45) is 0 Å². The van der Waals surface area contributed by atoms with Crippen LogP contribution in [0.15, 0.2) is 42.5 Å². The number of imidazole rings is 1. The Hall–Kier alpha value is -2.29. The van der Waals surface area contributed by atoms with Gasteiger partial charge in [-0.15, -0.1) is 0 Å². The number of nitrogens with two attached hydrogens (primary N) is 1. The van der Waals surface area contributed by atoms with Crippen LogP contribution in [0.5, 0.6) is 0 Å². The number of para-hydroxylation sites is 1. The summed E-state index contributed by atoms with van der Waals surface area (Å²) in [6.45, 7) is 6.41. The normalized spacial score (nSPS) is 12.8. The number of aromatic nitrogens is 2. The number of rotatable bonds is 2. The molecular formula is C17H19N3. The Balaban J connectivity index is 2.24. The zero-order chi connectivity index (χ0) is 14.3. The van der Waals surface area contributed by atoms with E-state index >= 15 is 0 Å². The maximum absolute atomic E-state index is 6.16. The van der Waals surface area contributed by atoms with Gasteiger partial charge in [-0.3, -0.25) is 0 Å². The molecule has 0 fully saturated rings. The number of benzene rings is 2. The van der Waals surface area contributed by atoms with E-state index in [1.807, 2.05) is 12.1 Å². The Morgan fingerprint density at radius 3 is 2.45 bits per heavy atom. The quantitative estimate of drug-likeness (QED) is 0.765. The van der Waals surface area contributed by atoms with Gasteiger partial charge in [0.25, 0.3) is 0 Å². The minimum Gasteiger partial charge on any atom is -0.369 e. The molecule has 0 radical (unpaired) electrons. The Labute approximate surface area is 119 Å². The molecular weight excluding hydrogens is 246 g/mol. The first-order valence-electron chi connectivity index (χ1n) is 6.88. The molecule has 3 nitrogen and oxygen atoms in total. The van der Waals surface area contributed by atoms with Crippen molar-refractivity contribution in [3.8, 4) is 0 Å². The number of nitrogen functional groups attached to an aromatic ring is 1. The fourth-order valence-electron chi connectivity index (χ4n) is 2.93. The van der Waals surface area contributed by atoms with Crippen molar-refractivity contribution in [1.82, 2.24) is 9.55 Å². The third kappa shape index (κ3) is 1.86. The molecule has 102 valence electrons. The molecule has 0 aliphatic carbocycles. The van der Waals surface area contributed by atoms with Crippen LogP contribution in [0, 0.1) is 13.8 Å². The molecule has 0 spiro atoms. The summed E-state index contributed by atoms with van der Waals surface area (Å²) in [7, 11) is 0. The highest BCUT2D eigenvalue weighted by Crippen LogP contribution is 2.30. The molecule has 0 aliphatic heterocycles. The second-order valence-electron chi connectivity index (χ2n) is 5.32. The van der Waals surface area contributed by atoms with Gasteiger partial charge in [0.1, 0.15) is 0 Å². The smallest absolute Gasteiger partial charge is 0.201 e. The summed E-state index contributed by atoms with van der Waals surface area (Å²) < 4.78 is 2.13. The summed E-state index contributed by atoms with van der Waals surface area (Å²) >= 11 is 0. The van der Waals surface area contributed by atoms with E-state index in [4.69, 9.17) is 5.73 Å².